The summed E-state index contributed by atoms with van der Waals surface area (Å²) in [6, 6.07) is 60.4. The molecule has 1 aliphatic rings. The molecule has 0 unspecified atom stereocenters. The van der Waals surface area contributed by atoms with Gasteiger partial charge in [0.05, 0.1) is 44.6 Å². The fraction of sp³-hybridized carbons (Fsp3) is 0. The van der Waals surface area contributed by atoms with Crippen molar-refractivity contribution in [3.63, 3.8) is 0 Å². The molecule has 4 heteroatoms. The van der Waals surface area contributed by atoms with E-state index in [-0.39, 0.29) is 0 Å². The minimum Gasteiger partial charge on any atom is -0.307 e. The van der Waals surface area contributed by atoms with E-state index in [9.17, 15) is 10.5 Å². The molecule has 0 fully saturated rings. The molecule has 0 atom stereocenters. The molecule has 0 spiro atoms. The average molecular weight is 683 g/mol. The first kappa shape index (κ1) is 29.0. The summed E-state index contributed by atoms with van der Waals surface area (Å²) in [6.07, 6.45) is 0. The summed E-state index contributed by atoms with van der Waals surface area (Å²) in [5.74, 6) is 0. The quantitative estimate of drug-likeness (QED) is 0.170. The van der Waals surface area contributed by atoms with Crippen LogP contribution in [0.2, 0.25) is 0 Å². The first-order chi connectivity index (χ1) is 26.7. The predicted octanol–water partition coefficient (Wildman–Crippen LogP) is 12.7. The molecular formula is C50H26N4. The van der Waals surface area contributed by atoms with Gasteiger partial charge in [-0.05, 0) is 74.1 Å². The van der Waals surface area contributed by atoms with Crippen LogP contribution in [-0.2, 0) is 0 Å². The highest BCUT2D eigenvalue weighted by atomic mass is 15.0. The third kappa shape index (κ3) is 3.54. The van der Waals surface area contributed by atoms with E-state index >= 15 is 0 Å². The van der Waals surface area contributed by atoms with Crippen molar-refractivity contribution in [2.45, 2.75) is 0 Å². The Labute approximate surface area is 309 Å². The molecule has 246 valence electrons. The number of nitrogens with zero attached hydrogens (tertiary/aromatic N) is 4. The summed E-state index contributed by atoms with van der Waals surface area (Å²) in [5.41, 5.74) is 11.3. The van der Waals surface area contributed by atoms with Crippen LogP contribution >= 0.6 is 0 Å². The van der Waals surface area contributed by atoms with Crippen LogP contribution < -0.4 is 0 Å². The number of aromatic nitrogens is 2. The molecule has 12 rings (SSSR count). The van der Waals surface area contributed by atoms with Crippen molar-refractivity contribution < 1.29 is 0 Å². The van der Waals surface area contributed by atoms with Crippen LogP contribution in [0.25, 0.3) is 110 Å². The fourth-order valence-electron chi connectivity index (χ4n) is 9.58. The van der Waals surface area contributed by atoms with E-state index in [1.807, 2.05) is 24.3 Å². The zero-order valence-corrected chi connectivity index (χ0v) is 28.8. The Balaban J connectivity index is 1.22. The van der Waals surface area contributed by atoms with E-state index in [1.165, 1.54) is 33.0 Å². The maximum Gasteiger partial charge on any atom is 0.101 e. The third-order valence-electron chi connectivity index (χ3n) is 11.7. The van der Waals surface area contributed by atoms with Crippen LogP contribution in [0.5, 0.6) is 0 Å². The molecule has 0 aliphatic heterocycles. The van der Waals surface area contributed by atoms with E-state index < -0.39 is 0 Å². The summed E-state index contributed by atoms with van der Waals surface area (Å²) < 4.78 is 4.43. The van der Waals surface area contributed by atoms with Gasteiger partial charge in [-0.1, -0.05) is 127 Å². The zero-order valence-electron chi connectivity index (χ0n) is 28.8. The molecule has 4 nitrogen and oxygen atoms in total. The molecule has 2 heterocycles. The van der Waals surface area contributed by atoms with Gasteiger partial charge in [-0.3, -0.25) is 0 Å². The number of nitriles is 2. The van der Waals surface area contributed by atoms with Gasteiger partial charge in [0.1, 0.15) is 12.1 Å². The van der Waals surface area contributed by atoms with Crippen LogP contribution in [0.1, 0.15) is 11.1 Å². The molecule has 0 N–H and O–H groups in total. The number of hydrogen-bond donors (Lipinski definition) is 0. The molecule has 0 saturated heterocycles. The first-order valence-electron chi connectivity index (χ1n) is 18.2. The Morgan fingerprint density at radius 3 is 1.50 bits per heavy atom. The molecule has 2 aromatic heterocycles. The van der Waals surface area contributed by atoms with Crippen molar-refractivity contribution in [3.05, 3.63) is 169 Å². The van der Waals surface area contributed by atoms with Gasteiger partial charge in [-0.2, -0.15) is 10.5 Å². The van der Waals surface area contributed by atoms with Gasteiger partial charge in [0, 0.05) is 32.3 Å². The van der Waals surface area contributed by atoms with E-state index in [4.69, 9.17) is 0 Å². The number of hydrogen-bond acceptors (Lipinski definition) is 2. The minimum atomic E-state index is 0.494. The maximum absolute atomic E-state index is 11.1. The van der Waals surface area contributed by atoms with E-state index in [2.05, 4.69) is 155 Å². The van der Waals surface area contributed by atoms with Crippen molar-refractivity contribution in [1.29, 1.82) is 10.5 Å². The molecule has 9 aromatic carbocycles. The van der Waals surface area contributed by atoms with Crippen LogP contribution in [0, 0.1) is 22.7 Å². The van der Waals surface area contributed by atoms with Crippen molar-refractivity contribution in [2.75, 3.05) is 0 Å². The molecule has 1 aliphatic carbocycles. The predicted molar refractivity (Wildman–Crippen MR) is 221 cm³/mol. The van der Waals surface area contributed by atoms with Crippen LogP contribution in [0.15, 0.2) is 158 Å². The second-order valence-electron chi connectivity index (χ2n) is 14.2. The summed E-state index contributed by atoms with van der Waals surface area (Å²) in [5, 5.41) is 33.5. The zero-order chi connectivity index (χ0) is 35.7. The third-order valence-corrected chi connectivity index (χ3v) is 11.7. The maximum atomic E-state index is 11.1. The highest BCUT2D eigenvalue weighted by Gasteiger charge is 2.27. The summed E-state index contributed by atoms with van der Waals surface area (Å²) in [4.78, 5) is 0. The number of benzene rings is 9. The minimum absolute atomic E-state index is 0.494. The van der Waals surface area contributed by atoms with Crippen molar-refractivity contribution >= 4 is 75.9 Å². The average Bonchev–Trinajstić information content (AvgIpc) is 3.88. The Kier molecular flexibility index (Phi) is 5.61. The first-order valence-corrected chi connectivity index (χ1v) is 18.2. The van der Waals surface area contributed by atoms with E-state index in [1.54, 1.807) is 0 Å². The monoisotopic (exact) mass is 682 g/mol. The van der Waals surface area contributed by atoms with Gasteiger partial charge in [0.25, 0.3) is 0 Å². The lowest BCUT2D eigenvalue weighted by molar-refractivity contribution is 1.13. The SMILES string of the molecule is N#Cc1cc(-n2c3ccccc3c3c4ccccc4c4ccccc4c32)c(C#N)cc1-n1c2ccccc2c2cc3c4c(cccc4c21)-c1ccccc1-3. The normalized spacial score (nSPS) is 12.0. The van der Waals surface area contributed by atoms with E-state index in [0.29, 0.717) is 22.5 Å². The molecule has 0 saturated carbocycles. The lowest BCUT2D eigenvalue weighted by Crippen LogP contribution is -2.04. The van der Waals surface area contributed by atoms with Crippen molar-refractivity contribution in [2.24, 2.45) is 0 Å². The Hall–Kier alpha value is -7.66. The Morgan fingerprint density at radius 1 is 0.333 bits per heavy atom. The largest absolute Gasteiger partial charge is 0.307 e. The Bertz CT molecular complexity index is 3580. The molecule has 11 aromatic rings. The van der Waals surface area contributed by atoms with Gasteiger partial charge in [-0.25, -0.2) is 0 Å². The lowest BCUT2D eigenvalue weighted by atomic mass is 9.97. The van der Waals surface area contributed by atoms with Crippen LogP contribution in [-0.4, -0.2) is 9.13 Å². The molecular weight excluding hydrogens is 657 g/mol. The van der Waals surface area contributed by atoms with Crippen LogP contribution in [0.3, 0.4) is 0 Å². The lowest BCUT2D eigenvalue weighted by Gasteiger charge is -2.17. The van der Waals surface area contributed by atoms with Gasteiger partial charge in [-0.15, -0.1) is 0 Å². The van der Waals surface area contributed by atoms with Gasteiger partial charge < -0.3 is 9.13 Å². The number of para-hydroxylation sites is 2. The smallest absolute Gasteiger partial charge is 0.101 e. The number of fused-ring (bicyclic) bond motifs is 15. The summed E-state index contributed by atoms with van der Waals surface area (Å²) >= 11 is 0. The Morgan fingerprint density at radius 2 is 0.815 bits per heavy atom. The standard InChI is InChI=1S/C50H26N4/c51-27-29-25-46(54-44-23-10-8-19-39(44)48-37-17-5-3-12-31(37)33-14-4-6-18-38(33)50(48)54)30(28-52)24-45(29)53-43-22-9-7-16-35(43)42-26-41-34-15-2-1-13-32(34)36-20-11-21-40(47(36)41)49(42)53/h1-26H. The van der Waals surface area contributed by atoms with E-state index in [0.717, 1.165) is 65.2 Å². The second kappa shape index (κ2) is 10.5. The highest BCUT2D eigenvalue weighted by molar-refractivity contribution is 6.32. The molecule has 0 bridgehead atoms. The number of rotatable bonds is 2. The highest BCUT2D eigenvalue weighted by Crippen LogP contribution is 2.51. The molecule has 0 radical (unpaired) electrons. The van der Waals surface area contributed by atoms with Crippen molar-refractivity contribution in [1.82, 2.24) is 9.13 Å². The second-order valence-corrected chi connectivity index (χ2v) is 14.2. The van der Waals surface area contributed by atoms with Gasteiger partial charge >= 0.3 is 0 Å². The molecule has 54 heavy (non-hydrogen) atoms. The molecule has 0 amide bonds. The van der Waals surface area contributed by atoms with Crippen molar-refractivity contribution in [3.8, 4) is 45.8 Å². The fourth-order valence-corrected chi connectivity index (χ4v) is 9.58. The topological polar surface area (TPSA) is 57.4 Å². The van der Waals surface area contributed by atoms with Gasteiger partial charge in [0.15, 0.2) is 0 Å². The summed E-state index contributed by atoms with van der Waals surface area (Å²) in [7, 11) is 0. The van der Waals surface area contributed by atoms with Crippen LogP contribution in [0.4, 0.5) is 0 Å². The summed E-state index contributed by atoms with van der Waals surface area (Å²) in [6.45, 7) is 0. The van der Waals surface area contributed by atoms with Gasteiger partial charge in [0.2, 0.25) is 0 Å².